The van der Waals surface area contributed by atoms with Gasteiger partial charge in [0, 0.05) is 25.5 Å². The Kier molecular flexibility index (Phi) is 2.85. The van der Waals surface area contributed by atoms with E-state index in [2.05, 4.69) is 22.3 Å². The van der Waals surface area contributed by atoms with Gasteiger partial charge in [0.2, 0.25) is 0 Å². The van der Waals surface area contributed by atoms with Gasteiger partial charge in [-0.05, 0) is 12.5 Å². The zero-order chi connectivity index (χ0) is 10.7. The molecule has 2 heterocycles. The number of hydrogen-bond acceptors (Lipinski definition) is 3. The Hall–Kier alpha value is -1.58. The summed E-state index contributed by atoms with van der Waals surface area (Å²) in [5.74, 6) is 0. The maximum atomic E-state index is 4.36. The van der Waals surface area contributed by atoms with Crippen molar-refractivity contribution in [3.05, 3.63) is 18.5 Å². The number of fused-ring (bicyclic) bond motifs is 1. The molecule has 0 bridgehead atoms. The van der Waals surface area contributed by atoms with Crippen LogP contribution in [0.15, 0.2) is 18.5 Å². The van der Waals surface area contributed by atoms with Crippen LogP contribution in [-0.2, 0) is 6.54 Å². The van der Waals surface area contributed by atoms with Gasteiger partial charge in [-0.2, -0.15) is 5.10 Å². The van der Waals surface area contributed by atoms with Crippen LogP contribution in [-0.4, -0.2) is 21.8 Å². The van der Waals surface area contributed by atoms with Crippen LogP contribution >= 0.6 is 0 Å². The fraction of sp³-hybridized carbons (Fsp3) is 0.455. The second-order valence-corrected chi connectivity index (χ2v) is 3.57. The van der Waals surface area contributed by atoms with E-state index in [0.717, 1.165) is 29.7 Å². The lowest BCUT2D eigenvalue weighted by atomic mass is 10.3. The van der Waals surface area contributed by atoms with E-state index in [-0.39, 0.29) is 0 Å². The van der Waals surface area contributed by atoms with Gasteiger partial charge in [0.25, 0.3) is 0 Å². The summed E-state index contributed by atoms with van der Waals surface area (Å²) in [5.41, 5.74) is 2.05. The van der Waals surface area contributed by atoms with Crippen LogP contribution in [0.25, 0.3) is 11.0 Å². The highest BCUT2D eigenvalue weighted by atomic mass is 15.3. The number of rotatable bonds is 4. The third-order valence-electron chi connectivity index (χ3n) is 2.53. The van der Waals surface area contributed by atoms with Crippen LogP contribution in [0.3, 0.4) is 0 Å². The van der Waals surface area contributed by atoms with E-state index < -0.39 is 0 Å². The highest BCUT2D eigenvalue weighted by Gasteiger charge is 2.06. The molecule has 2 aromatic heterocycles. The zero-order valence-electron chi connectivity index (χ0n) is 9.20. The van der Waals surface area contributed by atoms with Gasteiger partial charge in [-0.3, -0.25) is 0 Å². The molecule has 0 atom stereocenters. The summed E-state index contributed by atoms with van der Waals surface area (Å²) in [5, 5.41) is 8.60. The molecule has 1 N–H and O–H groups in total. The van der Waals surface area contributed by atoms with Crippen LogP contribution in [0.4, 0.5) is 5.69 Å². The predicted molar refractivity (Wildman–Crippen MR) is 62.0 cm³/mol. The van der Waals surface area contributed by atoms with Crippen molar-refractivity contribution in [3.63, 3.8) is 0 Å². The van der Waals surface area contributed by atoms with Crippen molar-refractivity contribution in [1.29, 1.82) is 0 Å². The number of pyridine rings is 1. The summed E-state index contributed by atoms with van der Waals surface area (Å²) in [6, 6.07) is 1.97. The fourth-order valence-electron chi connectivity index (χ4n) is 1.67. The summed E-state index contributed by atoms with van der Waals surface area (Å²) >= 11 is 0. The molecule has 0 aliphatic carbocycles. The topological polar surface area (TPSA) is 42.7 Å². The van der Waals surface area contributed by atoms with Gasteiger partial charge >= 0.3 is 0 Å². The van der Waals surface area contributed by atoms with Crippen molar-refractivity contribution < 1.29 is 0 Å². The fourth-order valence-corrected chi connectivity index (χ4v) is 1.67. The van der Waals surface area contributed by atoms with Crippen LogP contribution in [0.5, 0.6) is 0 Å². The summed E-state index contributed by atoms with van der Waals surface area (Å²) in [6.45, 7) is 3.12. The molecule has 80 valence electrons. The smallest absolute Gasteiger partial charge is 0.159 e. The Bertz CT molecular complexity index is 447. The molecule has 0 saturated carbocycles. The van der Waals surface area contributed by atoms with Crippen LogP contribution in [0.1, 0.15) is 19.8 Å². The number of nitrogens with zero attached hydrogens (tertiary/aromatic N) is 3. The summed E-state index contributed by atoms with van der Waals surface area (Å²) in [4.78, 5) is 4.36. The van der Waals surface area contributed by atoms with Crippen molar-refractivity contribution in [3.8, 4) is 0 Å². The molecule has 2 rings (SSSR count). The lowest BCUT2D eigenvalue weighted by Gasteiger charge is -2.03. The number of unbranched alkanes of at least 4 members (excludes halogenated alkanes) is 1. The van der Waals surface area contributed by atoms with Gasteiger partial charge in [0.15, 0.2) is 5.65 Å². The van der Waals surface area contributed by atoms with E-state index in [4.69, 9.17) is 0 Å². The lowest BCUT2D eigenvalue weighted by Crippen LogP contribution is -2.00. The third kappa shape index (κ3) is 1.79. The van der Waals surface area contributed by atoms with Crippen LogP contribution in [0, 0.1) is 0 Å². The first-order chi connectivity index (χ1) is 7.36. The number of aromatic nitrogens is 3. The predicted octanol–water partition coefficient (Wildman–Crippen LogP) is 2.27. The zero-order valence-corrected chi connectivity index (χ0v) is 9.20. The molecule has 2 aromatic rings. The number of hydrogen-bond donors (Lipinski definition) is 1. The van der Waals surface area contributed by atoms with Crippen molar-refractivity contribution in [2.45, 2.75) is 26.3 Å². The van der Waals surface area contributed by atoms with E-state index in [1.54, 1.807) is 0 Å². The molecule has 0 radical (unpaired) electrons. The molecule has 0 fully saturated rings. The quantitative estimate of drug-likeness (QED) is 0.830. The Morgan fingerprint density at radius 2 is 2.33 bits per heavy atom. The highest BCUT2D eigenvalue weighted by Crippen LogP contribution is 2.20. The van der Waals surface area contributed by atoms with Crippen LogP contribution in [0.2, 0.25) is 0 Å². The normalized spacial score (nSPS) is 10.8. The second kappa shape index (κ2) is 4.29. The van der Waals surface area contributed by atoms with Gasteiger partial charge < -0.3 is 5.32 Å². The molecule has 0 aromatic carbocycles. The second-order valence-electron chi connectivity index (χ2n) is 3.57. The molecule has 4 nitrogen and oxygen atoms in total. The minimum absolute atomic E-state index is 0.945. The maximum Gasteiger partial charge on any atom is 0.159 e. The molecule has 0 unspecified atom stereocenters. The highest BCUT2D eigenvalue weighted by molar-refractivity contribution is 5.88. The minimum atomic E-state index is 0.945. The monoisotopic (exact) mass is 204 g/mol. The number of aryl methyl sites for hydroxylation is 1. The standard InChI is InChI=1S/C11H16N4/c1-3-4-7-15-11-9(8-14-15)10(12-2)5-6-13-11/h5-6,8H,3-4,7H2,1-2H3,(H,12,13). The number of nitrogens with one attached hydrogen (secondary N) is 1. The first kappa shape index (κ1) is 9.96. The minimum Gasteiger partial charge on any atom is -0.387 e. The van der Waals surface area contributed by atoms with Gasteiger partial charge in [-0.1, -0.05) is 13.3 Å². The Balaban J connectivity index is 2.42. The van der Waals surface area contributed by atoms with E-state index in [1.165, 1.54) is 6.42 Å². The first-order valence-electron chi connectivity index (χ1n) is 5.35. The van der Waals surface area contributed by atoms with Crippen molar-refractivity contribution in [1.82, 2.24) is 14.8 Å². The average molecular weight is 204 g/mol. The molecule has 0 saturated heterocycles. The van der Waals surface area contributed by atoms with Crippen molar-refractivity contribution in [2.75, 3.05) is 12.4 Å². The summed E-state index contributed by atoms with van der Waals surface area (Å²) < 4.78 is 1.97. The maximum absolute atomic E-state index is 4.36. The van der Waals surface area contributed by atoms with E-state index >= 15 is 0 Å². The molecule has 0 aliphatic heterocycles. The van der Waals surface area contributed by atoms with Gasteiger partial charge in [0.05, 0.1) is 11.6 Å². The molecule has 0 amide bonds. The third-order valence-corrected chi connectivity index (χ3v) is 2.53. The molecule has 15 heavy (non-hydrogen) atoms. The van der Waals surface area contributed by atoms with Gasteiger partial charge in [-0.15, -0.1) is 0 Å². The summed E-state index contributed by atoms with van der Waals surface area (Å²) in [6.07, 6.45) is 6.01. The largest absolute Gasteiger partial charge is 0.387 e. The molecule has 4 heteroatoms. The SMILES string of the molecule is CCCCn1ncc2c(NC)ccnc21. The molecular weight excluding hydrogens is 188 g/mol. The van der Waals surface area contributed by atoms with Crippen LogP contribution < -0.4 is 5.32 Å². The lowest BCUT2D eigenvalue weighted by molar-refractivity contribution is 0.584. The van der Waals surface area contributed by atoms with Gasteiger partial charge in [-0.25, -0.2) is 9.67 Å². The Morgan fingerprint density at radius 1 is 1.47 bits per heavy atom. The first-order valence-corrected chi connectivity index (χ1v) is 5.35. The van der Waals surface area contributed by atoms with Crippen molar-refractivity contribution in [2.24, 2.45) is 0 Å². The molecular formula is C11H16N4. The van der Waals surface area contributed by atoms with E-state index in [9.17, 15) is 0 Å². The van der Waals surface area contributed by atoms with Gasteiger partial charge in [0.1, 0.15) is 0 Å². The Morgan fingerprint density at radius 3 is 3.07 bits per heavy atom. The van der Waals surface area contributed by atoms with E-state index in [0.29, 0.717) is 0 Å². The van der Waals surface area contributed by atoms with Crippen molar-refractivity contribution >= 4 is 16.7 Å². The number of anilines is 1. The average Bonchev–Trinajstić information content (AvgIpc) is 2.69. The Labute approximate surface area is 89.3 Å². The van der Waals surface area contributed by atoms with E-state index in [1.807, 2.05) is 30.2 Å². The molecule has 0 spiro atoms. The molecule has 0 aliphatic rings. The summed E-state index contributed by atoms with van der Waals surface area (Å²) in [7, 11) is 1.91.